The number of nitrogens with zero attached hydrogens (tertiary/aromatic N) is 1. The second-order valence-electron chi connectivity index (χ2n) is 3.67. The first-order valence-electron chi connectivity index (χ1n) is 5.82. The first kappa shape index (κ1) is 14.0. The van der Waals surface area contributed by atoms with Crippen molar-refractivity contribution in [1.29, 1.82) is 0 Å². The Morgan fingerprint density at radius 1 is 1.39 bits per heavy atom. The van der Waals surface area contributed by atoms with Crippen LogP contribution in [0.5, 0.6) is 5.75 Å². The molecule has 0 atom stereocenters. The highest BCUT2D eigenvalue weighted by atomic mass is 16.6. The van der Waals surface area contributed by atoms with E-state index in [1.54, 1.807) is 0 Å². The molecule has 1 aromatic rings. The summed E-state index contributed by atoms with van der Waals surface area (Å²) in [4.78, 5) is 14.7. The predicted octanol–water partition coefficient (Wildman–Crippen LogP) is 2.30. The van der Waals surface area contributed by atoms with Crippen molar-refractivity contribution in [3.05, 3.63) is 29.8 Å². The number of unbranched alkanes of at least 4 members (excludes halogenated alkanes) is 1. The fourth-order valence-electron chi connectivity index (χ4n) is 1.18. The molecule has 0 heterocycles. The van der Waals surface area contributed by atoms with Crippen LogP contribution in [-0.4, -0.2) is 30.5 Å². The van der Waals surface area contributed by atoms with Crippen LogP contribution in [0.3, 0.4) is 0 Å². The van der Waals surface area contributed by atoms with Crippen molar-refractivity contribution in [3.63, 3.8) is 0 Å². The van der Waals surface area contributed by atoms with Crippen molar-refractivity contribution in [1.82, 2.24) is 0 Å². The second-order valence-corrected chi connectivity index (χ2v) is 3.67. The van der Waals surface area contributed by atoms with Crippen LogP contribution in [0.15, 0.2) is 29.4 Å². The van der Waals surface area contributed by atoms with E-state index in [1.807, 2.05) is 24.3 Å². The molecular weight excluding hydrogens is 234 g/mol. The van der Waals surface area contributed by atoms with Gasteiger partial charge in [-0.3, -0.25) is 0 Å². The van der Waals surface area contributed by atoms with Gasteiger partial charge < -0.3 is 14.7 Å². The number of benzene rings is 1. The van der Waals surface area contributed by atoms with Crippen LogP contribution >= 0.6 is 0 Å². The summed E-state index contributed by atoms with van der Waals surface area (Å²) in [6.07, 6.45) is 3.59. The Kier molecular flexibility index (Phi) is 6.32. The van der Waals surface area contributed by atoms with Gasteiger partial charge in [-0.2, -0.15) is 0 Å². The molecule has 5 nitrogen and oxygen atoms in total. The number of carbonyl (C=O) groups is 1. The molecule has 0 radical (unpaired) electrons. The molecule has 0 aliphatic rings. The summed E-state index contributed by atoms with van der Waals surface area (Å²) in [5, 5.41) is 11.9. The summed E-state index contributed by atoms with van der Waals surface area (Å²) in [5.41, 5.74) is 0.822. The Bertz CT molecular complexity index is 386. The normalized spacial score (nSPS) is 10.5. The Morgan fingerprint density at radius 2 is 2.11 bits per heavy atom. The molecule has 0 unspecified atom stereocenters. The molecule has 18 heavy (non-hydrogen) atoms. The van der Waals surface area contributed by atoms with Crippen molar-refractivity contribution in [2.45, 2.75) is 19.8 Å². The molecule has 0 spiro atoms. The summed E-state index contributed by atoms with van der Waals surface area (Å²) in [6.45, 7) is 2.39. The van der Waals surface area contributed by atoms with E-state index in [1.165, 1.54) is 6.21 Å². The maximum Gasteiger partial charge on any atom is 0.344 e. The van der Waals surface area contributed by atoms with Crippen molar-refractivity contribution >= 4 is 12.2 Å². The van der Waals surface area contributed by atoms with Gasteiger partial charge in [-0.05, 0) is 36.2 Å². The van der Waals surface area contributed by atoms with Crippen LogP contribution in [0.2, 0.25) is 0 Å². The van der Waals surface area contributed by atoms with Crippen molar-refractivity contribution in [2.75, 3.05) is 13.2 Å². The maximum absolute atomic E-state index is 10.2. The highest BCUT2D eigenvalue weighted by molar-refractivity contribution is 5.79. The minimum absolute atomic E-state index is 0.436. The van der Waals surface area contributed by atoms with Gasteiger partial charge >= 0.3 is 5.97 Å². The number of carboxylic acids is 1. The van der Waals surface area contributed by atoms with E-state index in [0.717, 1.165) is 24.2 Å². The maximum atomic E-state index is 10.2. The van der Waals surface area contributed by atoms with Crippen LogP contribution in [0.1, 0.15) is 25.3 Å². The third kappa shape index (κ3) is 5.89. The number of hydrogen-bond acceptors (Lipinski definition) is 4. The quantitative estimate of drug-likeness (QED) is 0.437. The van der Waals surface area contributed by atoms with Gasteiger partial charge in [-0.15, -0.1) is 0 Å². The summed E-state index contributed by atoms with van der Waals surface area (Å²) >= 11 is 0. The van der Waals surface area contributed by atoms with Gasteiger partial charge in [0.15, 0.2) is 0 Å². The van der Waals surface area contributed by atoms with Gasteiger partial charge in [-0.1, -0.05) is 18.5 Å². The molecule has 0 fully saturated rings. The number of hydrogen-bond donors (Lipinski definition) is 1. The zero-order valence-electron chi connectivity index (χ0n) is 10.3. The predicted molar refractivity (Wildman–Crippen MR) is 68.0 cm³/mol. The monoisotopic (exact) mass is 251 g/mol. The van der Waals surface area contributed by atoms with E-state index in [0.29, 0.717) is 6.61 Å². The summed E-state index contributed by atoms with van der Waals surface area (Å²) in [6, 6.07) is 7.34. The number of ether oxygens (including phenoxy) is 1. The van der Waals surface area contributed by atoms with Crippen LogP contribution in [-0.2, 0) is 9.63 Å². The van der Waals surface area contributed by atoms with E-state index in [2.05, 4.69) is 16.9 Å². The lowest BCUT2D eigenvalue weighted by Gasteiger charge is -2.04. The minimum atomic E-state index is -1.05. The summed E-state index contributed by atoms with van der Waals surface area (Å²) < 4.78 is 5.51. The van der Waals surface area contributed by atoms with Gasteiger partial charge in [-0.25, -0.2) is 4.79 Å². The number of oxime groups is 1. The van der Waals surface area contributed by atoms with Gasteiger partial charge in [0.25, 0.3) is 0 Å². The van der Waals surface area contributed by atoms with Crippen LogP contribution in [0.4, 0.5) is 0 Å². The third-order valence-corrected chi connectivity index (χ3v) is 2.11. The standard InChI is InChI=1S/C13H17NO4/c1-2-3-8-17-12-6-4-11(5-7-12)9-14-18-10-13(15)16/h4-7,9H,2-3,8,10H2,1H3,(H,15,16). The lowest BCUT2D eigenvalue weighted by atomic mass is 10.2. The van der Waals surface area contributed by atoms with Crippen molar-refractivity contribution in [3.8, 4) is 5.75 Å². The van der Waals surface area contributed by atoms with Crippen LogP contribution < -0.4 is 4.74 Å². The topological polar surface area (TPSA) is 68.1 Å². The molecule has 0 aromatic heterocycles. The fraction of sp³-hybridized carbons (Fsp3) is 0.385. The molecule has 0 saturated carbocycles. The molecule has 98 valence electrons. The first-order valence-corrected chi connectivity index (χ1v) is 5.82. The van der Waals surface area contributed by atoms with Crippen LogP contribution in [0.25, 0.3) is 0 Å². The second kappa shape index (κ2) is 8.11. The smallest absolute Gasteiger partial charge is 0.344 e. The van der Waals surface area contributed by atoms with Gasteiger partial charge in [0, 0.05) is 0 Å². The molecule has 1 N–H and O–H groups in total. The highest BCUT2D eigenvalue weighted by Crippen LogP contribution is 2.11. The zero-order valence-corrected chi connectivity index (χ0v) is 10.3. The lowest BCUT2D eigenvalue weighted by molar-refractivity contribution is -0.142. The molecule has 0 aliphatic heterocycles. The Balaban J connectivity index is 2.37. The average molecular weight is 251 g/mol. The van der Waals surface area contributed by atoms with Gasteiger partial charge in [0.05, 0.1) is 12.8 Å². The van der Waals surface area contributed by atoms with E-state index < -0.39 is 12.6 Å². The zero-order chi connectivity index (χ0) is 13.2. The molecule has 0 saturated heterocycles. The molecule has 0 bridgehead atoms. The lowest BCUT2D eigenvalue weighted by Crippen LogP contribution is -2.03. The first-order chi connectivity index (χ1) is 8.72. The van der Waals surface area contributed by atoms with Gasteiger partial charge in [0.1, 0.15) is 5.75 Å². The summed E-state index contributed by atoms with van der Waals surface area (Å²) in [7, 11) is 0. The van der Waals surface area contributed by atoms with Crippen LogP contribution in [0, 0.1) is 0 Å². The van der Waals surface area contributed by atoms with Gasteiger partial charge in [0.2, 0.25) is 6.61 Å². The Morgan fingerprint density at radius 3 is 2.72 bits per heavy atom. The van der Waals surface area contributed by atoms with E-state index in [-0.39, 0.29) is 0 Å². The molecule has 0 amide bonds. The van der Waals surface area contributed by atoms with Crippen molar-refractivity contribution in [2.24, 2.45) is 5.16 Å². The molecular formula is C13H17NO4. The average Bonchev–Trinajstić information content (AvgIpc) is 2.36. The fourth-order valence-corrected chi connectivity index (χ4v) is 1.18. The third-order valence-electron chi connectivity index (χ3n) is 2.11. The number of aliphatic carboxylic acids is 1. The Hall–Kier alpha value is -2.04. The number of carboxylic acid groups (broad SMARTS) is 1. The van der Waals surface area contributed by atoms with E-state index >= 15 is 0 Å². The van der Waals surface area contributed by atoms with E-state index in [9.17, 15) is 4.79 Å². The SMILES string of the molecule is CCCCOc1ccc(C=NOCC(=O)O)cc1. The largest absolute Gasteiger partial charge is 0.494 e. The Labute approximate surface area is 106 Å². The molecule has 5 heteroatoms. The number of rotatable bonds is 8. The van der Waals surface area contributed by atoms with E-state index in [4.69, 9.17) is 9.84 Å². The minimum Gasteiger partial charge on any atom is -0.494 e. The summed E-state index contributed by atoms with van der Waals surface area (Å²) in [5.74, 6) is -0.237. The molecule has 1 rings (SSSR count). The molecule has 0 aliphatic carbocycles. The van der Waals surface area contributed by atoms with Crippen molar-refractivity contribution < 1.29 is 19.5 Å². The highest BCUT2D eigenvalue weighted by Gasteiger charge is 1.95. The molecule has 1 aromatic carbocycles.